The third kappa shape index (κ3) is 7.20. The van der Waals surface area contributed by atoms with E-state index in [1.807, 2.05) is 0 Å². The first-order valence-electron chi connectivity index (χ1n) is 10.1. The van der Waals surface area contributed by atoms with Gasteiger partial charge in [-0.25, -0.2) is 4.39 Å². The molecule has 1 aliphatic carbocycles. The number of halogens is 1. The van der Waals surface area contributed by atoms with Crippen molar-refractivity contribution in [2.75, 3.05) is 0 Å². The maximum atomic E-state index is 12.0. The molecule has 0 saturated heterocycles. The van der Waals surface area contributed by atoms with E-state index in [-0.39, 0.29) is 0 Å². The Bertz CT molecular complexity index is 451. The Kier molecular flexibility index (Phi) is 9.16. The fourth-order valence-corrected chi connectivity index (χ4v) is 4.06. The first-order chi connectivity index (χ1) is 11.8. The van der Waals surface area contributed by atoms with E-state index in [4.69, 9.17) is 0 Å². The van der Waals surface area contributed by atoms with Crippen LogP contribution in [0.3, 0.4) is 0 Å². The predicted octanol–water partition coefficient (Wildman–Crippen LogP) is 7.42. The molecular weight excluding hydrogens is 295 g/mol. The lowest BCUT2D eigenvalue weighted by Gasteiger charge is -2.28. The van der Waals surface area contributed by atoms with E-state index >= 15 is 0 Å². The zero-order valence-corrected chi connectivity index (χ0v) is 15.5. The van der Waals surface area contributed by atoms with Crippen LogP contribution in [-0.4, -0.2) is 0 Å². The van der Waals surface area contributed by atoms with Crippen LogP contribution in [0.4, 0.5) is 4.39 Å². The monoisotopic (exact) mass is 330 g/mol. The van der Waals surface area contributed by atoms with Gasteiger partial charge >= 0.3 is 0 Å². The zero-order chi connectivity index (χ0) is 17.0. The summed E-state index contributed by atoms with van der Waals surface area (Å²) in [6.07, 6.45) is 18.4. The molecule has 0 nitrogen and oxygen atoms in total. The van der Waals surface area contributed by atoms with Crippen molar-refractivity contribution in [3.8, 4) is 0 Å². The van der Waals surface area contributed by atoms with E-state index < -0.39 is 0 Å². The van der Waals surface area contributed by atoms with E-state index in [1.54, 1.807) is 6.08 Å². The van der Waals surface area contributed by atoms with Crippen molar-refractivity contribution in [2.45, 2.75) is 84.0 Å². The minimum atomic E-state index is 0.633. The van der Waals surface area contributed by atoms with Crippen molar-refractivity contribution in [3.63, 3.8) is 0 Å². The van der Waals surface area contributed by atoms with Crippen LogP contribution in [0.15, 0.2) is 36.7 Å². The second kappa shape index (κ2) is 11.4. The van der Waals surface area contributed by atoms with Gasteiger partial charge in [0.15, 0.2) is 0 Å². The molecule has 1 aromatic rings. The van der Waals surface area contributed by atoms with E-state index in [9.17, 15) is 4.39 Å². The molecule has 0 unspecified atom stereocenters. The Hall–Kier alpha value is -1.11. The van der Waals surface area contributed by atoms with E-state index in [0.717, 1.165) is 11.8 Å². The van der Waals surface area contributed by atoms with Crippen LogP contribution in [0, 0.1) is 11.8 Å². The van der Waals surface area contributed by atoms with Gasteiger partial charge in [-0.05, 0) is 42.2 Å². The molecule has 1 aromatic carbocycles. The molecule has 134 valence electrons. The molecule has 0 aliphatic heterocycles. The molecule has 24 heavy (non-hydrogen) atoms. The van der Waals surface area contributed by atoms with Gasteiger partial charge in [0.1, 0.15) is 0 Å². The highest BCUT2D eigenvalue weighted by Crippen LogP contribution is 2.34. The number of hydrogen-bond acceptors (Lipinski definition) is 0. The molecular formula is C23H35F. The third-order valence-electron chi connectivity index (χ3n) is 5.74. The largest absolute Gasteiger partial charge is 0.216 e. The van der Waals surface area contributed by atoms with Crippen LogP contribution >= 0.6 is 0 Å². The molecule has 0 bridgehead atoms. The second-order valence-electron chi connectivity index (χ2n) is 7.66. The number of hydrogen-bond donors (Lipinski definition) is 0. The molecule has 0 heterocycles. The highest BCUT2D eigenvalue weighted by atomic mass is 19.1. The predicted molar refractivity (Wildman–Crippen MR) is 103 cm³/mol. The first kappa shape index (κ1) is 19.2. The number of rotatable bonds is 10. The van der Waals surface area contributed by atoms with E-state index in [1.165, 1.54) is 81.8 Å². The Morgan fingerprint density at radius 3 is 2.12 bits per heavy atom. The van der Waals surface area contributed by atoms with Gasteiger partial charge in [-0.1, -0.05) is 95.1 Å². The number of allylic oxidation sites excluding steroid dienone is 1. The molecule has 0 amide bonds. The summed E-state index contributed by atoms with van der Waals surface area (Å²) in [5, 5.41) is 0. The Balaban J connectivity index is 1.62. The van der Waals surface area contributed by atoms with Crippen molar-refractivity contribution in [2.24, 2.45) is 11.8 Å². The second-order valence-corrected chi connectivity index (χ2v) is 7.66. The van der Waals surface area contributed by atoms with Crippen molar-refractivity contribution in [1.29, 1.82) is 0 Å². The highest BCUT2D eigenvalue weighted by Gasteiger charge is 2.20. The first-order valence-corrected chi connectivity index (χ1v) is 10.1. The van der Waals surface area contributed by atoms with Crippen molar-refractivity contribution >= 4 is 0 Å². The summed E-state index contributed by atoms with van der Waals surface area (Å²) in [5.41, 5.74) is 2.63. The van der Waals surface area contributed by atoms with Gasteiger partial charge in [-0.15, -0.1) is 0 Å². The zero-order valence-electron chi connectivity index (χ0n) is 15.5. The van der Waals surface area contributed by atoms with Crippen molar-refractivity contribution in [3.05, 3.63) is 47.8 Å². The Morgan fingerprint density at radius 1 is 0.875 bits per heavy atom. The van der Waals surface area contributed by atoms with Gasteiger partial charge in [0, 0.05) is 0 Å². The minimum Gasteiger partial charge on any atom is -0.216 e. The Morgan fingerprint density at radius 2 is 1.50 bits per heavy atom. The summed E-state index contributed by atoms with van der Waals surface area (Å²) in [4.78, 5) is 0. The molecule has 0 radical (unpaired) electrons. The summed E-state index contributed by atoms with van der Waals surface area (Å²) >= 11 is 0. The fourth-order valence-electron chi connectivity index (χ4n) is 4.06. The van der Waals surface area contributed by atoms with E-state index in [2.05, 4.69) is 31.2 Å². The average Bonchev–Trinajstić information content (AvgIpc) is 2.64. The summed E-state index contributed by atoms with van der Waals surface area (Å²) in [6.45, 7) is 2.29. The molecule has 1 heteroatoms. The van der Waals surface area contributed by atoms with Crippen LogP contribution in [0.5, 0.6) is 0 Å². The Labute approximate surface area is 148 Å². The number of aryl methyl sites for hydroxylation is 1. The SMILES string of the molecule is CCCCCCC1CCC(CCc2ccc(CC=CF)cc2)CC1. The van der Waals surface area contributed by atoms with Crippen molar-refractivity contribution in [1.82, 2.24) is 0 Å². The van der Waals surface area contributed by atoms with Crippen LogP contribution in [0.25, 0.3) is 0 Å². The smallest absolute Gasteiger partial charge is 0.0830 e. The average molecular weight is 331 g/mol. The highest BCUT2D eigenvalue weighted by molar-refractivity contribution is 5.24. The molecule has 0 spiro atoms. The third-order valence-corrected chi connectivity index (χ3v) is 5.74. The maximum Gasteiger partial charge on any atom is 0.0830 e. The molecule has 1 saturated carbocycles. The number of benzene rings is 1. The lowest BCUT2D eigenvalue weighted by Crippen LogP contribution is -2.15. The van der Waals surface area contributed by atoms with Crippen molar-refractivity contribution < 1.29 is 4.39 Å². The summed E-state index contributed by atoms with van der Waals surface area (Å²) in [6, 6.07) is 8.73. The lowest BCUT2D eigenvalue weighted by atomic mass is 9.77. The number of unbranched alkanes of at least 4 members (excludes halogenated alkanes) is 3. The normalized spacial score (nSPS) is 21.4. The molecule has 1 aliphatic rings. The van der Waals surface area contributed by atoms with Gasteiger partial charge in [-0.2, -0.15) is 0 Å². The van der Waals surface area contributed by atoms with Crippen LogP contribution in [0.2, 0.25) is 0 Å². The van der Waals surface area contributed by atoms with Gasteiger partial charge in [0.25, 0.3) is 0 Å². The summed E-state index contributed by atoms with van der Waals surface area (Å²) < 4.78 is 12.0. The minimum absolute atomic E-state index is 0.633. The molecule has 2 rings (SSSR count). The van der Waals surface area contributed by atoms with Gasteiger partial charge in [-0.3, -0.25) is 0 Å². The van der Waals surface area contributed by atoms with Crippen LogP contribution < -0.4 is 0 Å². The molecule has 1 fully saturated rings. The molecule has 0 N–H and O–H groups in total. The lowest BCUT2D eigenvalue weighted by molar-refractivity contribution is 0.249. The van der Waals surface area contributed by atoms with Gasteiger partial charge in [0.2, 0.25) is 0 Å². The maximum absolute atomic E-state index is 12.0. The standard InChI is InChI=1S/C23H35F/c1-2-3-4-5-7-20-9-13-22(14-10-20)17-18-23-15-11-21(12-16-23)8-6-19-24/h6,11-12,15-16,19-20,22H,2-5,7-10,13-14,17-18H2,1H3. The molecule has 0 aromatic heterocycles. The van der Waals surface area contributed by atoms with Gasteiger partial charge in [0.05, 0.1) is 6.33 Å². The van der Waals surface area contributed by atoms with E-state index in [0.29, 0.717) is 12.8 Å². The van der Waals surface area contributed by atoms with Gasteiger partial charge < -0.3 is 0 Å². The quantitative estimate of drug-likeness (QED) is 0.391. The summed E-state index contributed by atoms with van der Waals surface area (Å²) in [7, 11) is 0. The van der Waals surface area contributed by atoms with Crippen LogP contribution in [0.1, 0.15) is 82.3 Å². The van der Waals surface area contributed by atoms with Crippen LogP contribution in [-0.2, 0) is 12.8 Å². The topological polar surface area (TPSA) is 0 Å². The molecule has 0 atom stereocenters. The summed E-state index contributed by atoms with van der Waals surface area (Å²) in [5.74, 6) is 1.95. The fraction of sp³-hybridized carbons (Fsp3) is 0.652.